The van der Waals surface area contributed by atoms with Crippen molar-refractivity contribution in [3.63, 3.8) is 0 Å². The Kier molecular flexibility index (Phi) is 5.22. The first kappa shape index (κ1) is 16.9. The van der Waals surface area contributed by atoms with Crippen LogP contribution in [0.3, 0.4) is 0 Å². The van der Waals surface area contributed by atoms with Crippen molar-refractivity contribution in [1.29, 1.82) is 0 Å². The molecule has 1 fully saturated rings. The molecule has 0 spiro atoms. The van der Waals surface area contributed by atoms with Gasteiger partial charge in [0.15, 0.2) is 0 Å². The summed E-state index contributed by atoms with van der Waals surface area (Å²) >= 11 is 6.23. The van der Waals surface area contributed by atoms with Crippen LogP contribution in [0.15, 0.2) is 18.2 Å². The predicted molar refractivity (Wildman–Crippen MR) is 90.6 cm³/mol. The van der Waals surface area contributed by atoms with Gasteiger partial charge in [0.1, 0.15) is 5.60 Å². The van der Waals surface area contributed by atoms with E-state index in [0.29, 0.717) is 11.6 Å². The molecule has 22 heavy (non-hydrogen) atoms. The number of aryl methyl sites for hydroxylation is 1. The van der Waals surface area contributed by atoms with Crippen molar-refractivity contribution >= 4 is 23.4 Å². The minimum Gasteiger partial charge on any atom is -0.444 e. The van der Waals surface area contributed by atoms with E-state index in [0.717, 1.165) is 30.6 Å². The lowest BCUT2D eigenvalue weighted by molar-refractivity contribution is 0.0235. The van der Waals surface area contributed by atoms with Gasteiger partial charge in [-0.2, -0.15) is 0 Å². The Morgan fingerprint density at radius 2 is 2.18 bits per heavy atom. The van der Waals surface area contributed by atoms with Crippen molar-refractivity contribution < 1.29 is 9.53 Å². The number of nitrogens with zero attached hydrogens (tertiary/aromatic N) is 1. The Balaban J connectivity index is 1.95. The van der Waals surface area contributed by atoms with E-state index in [1.165, 1.54) is 0 Å². The van der Waals surface area contributed by atoms with Gasteiger partial charge in [-0.25, -0.2) is 4.79 Å². The summed E-state index contributed by atoms with van der Waals surface area (Å²) in [6, 6.07) is 6.08. The van der Waals surface area contributed by atoms with Crippen molar-refractivity contribution in [1.82, 2.24) is 4.90 Å². The van der Waals surface area contributed by atoms with Crippen LogP contribution in [-0.2, 0) is 4.74 Å². The second-order valence-electron chi connectivity index (χ2n) is 6.83. The first-order valence-corrected chi connectivity index (χ1v) is 8.14. The Bertz CT molecular complexity index is 540. The molecule has 1 N–H and O–H groups in total. The molecule has 1 aliphatic heterocycles. The zero-order valence-corrected chi connectivity index (χ0v) is 14.5. The first-order chi connectivity index (χ1) is 10.3. The van der Waals surface area contributed by atoms with E-state index in [2.05, 4.69) is 5.32 Å². The molecule has 1 aromatic carbocycles. The highest BCUT2D eigenvalue weighted by Gasteiger charge is 2.31. The minimum absolute atomic E-state index is 0.146. The lowest BCUT2D eigenvalue weighted by atomic mass is 10.2. The fourth-order valence-electron chi connectivity index (χ4n) is 2.60. The normalized spacial score (nSPS) is 18.4. The van der Waals surface area contributed by atoms with Crippen molar-refractivity contribution in [2.75, 3.05) is 18.4 Å². The molecular weight excluding hydrogens is 300 g/mol. The fraction of sp³-hybridized carbons (Fsp3) is 0.588. The van der Waals surface area contributed by atoms with E-state index in [1.807, 2.05) is 50.8 Å². The monoisotopic (exact) mass is 324 g/mol. The number of carbonyl (C=O) groups is 1. The van der Waals surface area contributed by atoms with Gasteiger partial charge in [-0.3, -0.25) is 0 Å². The number of benzene rings is 1. The van der Waals surface area contributed by atoms with Crippen molar-refractivity contribution in [2.24, 2.45) is 0 Å². The van der Waals surface area contributed by atoms with Crippen LogP contribution in [-0.4, -0.2) is 35.7 Å². The van der Waals surface area contributed by atoms with Crippen LogP contribution in [0.4, 0.5) is 10.5 Å². The number of carbonyl (C=O) groups excluding carboxylic acids is 1. The van der Waals surface area contributed by atoms with Gasteiger partial charge in [-0.05, 0) is 58.2 Å². The van der Waals surface area contributed by atoms with E-state index in [4.69, 9.17) is 16.3 Å². The summed E-state index contributed by atoms with van der Waals surface area (Å²) in [7, 11) is 0. The summed E-state index contributed by atoms with van der Waals surface area (Å²) in [4.78, 5) is 14.1. The lowest BCUT2D eigenvalue weighted by Gasteiger charge is -2.29. The van der Waals surface area contributed by atoms with Crippen molar-refractivity contribution in [3.8, 4) is 0 Å². The number of hydrogen-bond acceptors (Lipinski definition) is 3. The zero-order valence-electron chi connectivity index (χ0n) is 13.8. The fourth-order valence-corrected chi connectivity index (χ4v) is 2.90. The van der Waals surface area contributed by atoms with E-state index >= 15 is 0 Å². The van der Waals surface area contributed by atoms with Gasteiger partial charge in [0, 0.05) is 13.1 Å². The number of rotatable bonds is 3. The number of anilines is 1. The Morgan fingerprint density at radius 1 is 1.45 bits per heavy atom. The second kappa shape index (κ2) is 6.78. The molecule has 1 aromatic rings. The number of likely N-dealkylation sites (tertiary alicyclic amines) is 1. The molecular formula is C17H25ClN2O2. The Labute approximate surface area is 137 Å². The number of ether oxygens (including phenoxy) is 1. The van der Waals surface area contributed by atoms with Crippen LogP contribution in [0.5, 0.6) is 0 Å². The largest absolute Gasteiger partial charge is 0.444 e. The van der Waals surface area contributed by atoms with Gasteiger partial charge in [-0.1, -0.05) is 17.7 Å². The summed E-state index contributed by atoms with van der Waals surface area (Å²) in [5.41, 5.74) is 1.58. The van der Waals surface area contributed by atoms with Crippen LogP contribution in [0, 0.1) is 6.92 Å². The molecule has 2 rings (SSSR count). The maximum Gasteiger partial charge on any atom is 0.410 e. The molecule has 0 radical (unpaired) electrons. The van der Waals surface area contributed by atoms with Crippen molar-refractivity contribution in [3.05, 3.63) is 28.8 Å². The van der Waals surface area contributed by atoms with Gasteiger partial charge in [0.2, 0.25) is 0 Å². The van der Waals surface area contributed by atoms with Gasteiger partial charge in [-0.15, -0.1) is 0 Å². The molecule has 0 saturated carbocycles. The van der Waals surface area contributed by atoms with Gasteiger partial charge in [0.05, 0.1) is 16.8 Å². The van der Waals surface area contributed by atoms with Crippen molar-refractivity contribution in [2.45, 2.75) is 52.2 Å². The summed E-state index contributed by atoms with van der Waals surface area (Å²) in [6.45, 7) is 9.11. The highest BCUT2D eigenvalue weighted by molar-refractivity contribution is 6.33. The molecule has 5 heteroatoms. The molecule has 1 unspecified atom stereocenters. The SMILES string of the molecule is Cc1ccc(NCC2CCCN2C(=O)OC(C)(C)C)c(Cl)c1. The molecule has 122 valence electrons. The average molecular weight is 325 g/mol. The van der Waals surface area contributed by atoms with E-state index < -0.39 is 5.60 Å². The number of hydrogen-bond donors (Lipinski definition) is 1. The maximum absolute atomic E-state index is 12.2. The third kappa shape index (κ3) is 4.54. The van der Waals surface area contributed by atoms with Crippen LogP contribution < -0.4 is 5.32 Å². The molecule has 0 bridgehead atoms. The van der Waals surface area contributed by atoms with E-state index in [1.54, 1.807) is 0 Å². The number of amides is 1. The quantitative estimate of drug-likeness (QED) is 0.892. The maximum atomic E-state index is 12.2. The van der Waals surface area contributed by atoms with Gasteiger partial charge < -0.3 is 15.0 Å². The highest BCUT2D eigenvalue weighted by Crippen LogP contribution is 2.25. The average Bonchev–Trinajstić information content (AvgIpc) is 2.84. The van der Waals surface area contributed by atoms with Crippen LogP contribution in [0.25, 0.3) is 0 Å². The van der Waals surface area contributed by atoms with E-state index in [9.17, 15) is 4.79 Å². The lowest BCUT2D eigenvalue weighted by Crippen LogP contribution is -2.42. The Morgan fingerprint density at radius 3 is 2.82 bits per heavy atom. The van der Waals surface area contributed by atoms with E-state index in [-0.39, 0.29) is 12.1 Å². The summed E-state index contributed by atoms with van der Waals surface area (Å²) in [5, 5.41) is 4.06. The predicted octanol–water partition coefficient (Wildman–Crippen LogP) is 4.46. The summed E-state index contributed by atoms with van der Waals surface area (Å²) in [6.07, 6.45) is 1.76. The van der Waals surface area contributed by atoms with Gasteiger partial charge >= 0.3 is 6.09 Å². The molecule has 1 amide bonds. The molecule has 1 atom stereocenters. The first-order valence-electron chi connectivity index (χ1n) is 7.76. The Hall–Kier alpha value is -1.42. The number of halogens is 1. The van der Waals surface area contributed by atoms with Crippen LogP contribution in [0.2, 0.25) is 5.02 Å². The molecule has 0 aromatic heterocycles. The summed E-state index contributed by atoms with van der Waals surface area (Å²) in [5.74, 6) is 0. The van der Waals surface area contributed by atoms with Crippen LogP contribution >= 0.6 is 11.6 Å². The highest BCUT2D eigenvalue weighted by atomic mass is 35.5. The summed E-state index contributed by atoms with van der Waals surface area (Å²) < 4.78 is 5.48. The third-order valence-corrected chi connectivity index (χ3v) is 3.97. The molecule has 0 aliphatic carbocycles. The van der Waals surface area contributed by atoms with Gasteiger partial charge in [0.25, 0.3) is 0 Å². The zero-order chi connectivity index (χ0) is 16.3. The molecule has 4 nitrogen and oxygen atoms in total. The molecule has 1 aliphatic rings. The standard InChI is InChI=1S/C17H25ClN2O2/c1-12-7-8-15(14(18)10-12)19-11-13-6-5-9-20(13)16(21)22-17(2,3)4/h7-8,10,13,19H,5-6,9,11H2,1-4H3. The topological polar surface area (TPSA) is 41.6 Å². The number of nitrogens with one attached hydrogen (secondary N) is 1. The minimum atomic E-state index is -0.460. The molecule has 1 heterocycles. The van der Waals surface area contributed by atoms with Crippen LogP contribution in [0.1, 0.15) is 39.2 Å². The smallest absolute Gasteiger partial charge is 0.410 e. The second-order valence-corrected chi connectivity index (χ2v) is 7.24. The third-order valence-electron chi connectivity index (χ3n) is 3.66. The molecule has 1 saturated heterocycles.